The van der Waals surface area contributed by atoms with Crippen LogP contribution in [0.1, 0.15) is 41.0 Å². The molecule has 72 valence electrons. The van der Waals surface area contributed by atoms with Crippen LogP contribution in [-0.4, -0.2) is 6.10 Å². The Kier molecular flexibility index (Phi) is 4.27. The number of hydrogen-bond donors (Lipinski definition) is 0. The summed E-state index contributed by atoms with van der Waals surface area (Å²) in [5.74, 6) is 8.89. The van der Waals surface area contributed by atoms with Crippen molar-refractivity contribution in [3.8, 4) is 23.9 Å². The van der Waals surface area contributed by atoms with Gasteiger partial charge < -0.3 is 4.74 Å². The molecular formula is C12H18O. The van der Waals surface area contributed by atoms with Gasteiger partial charge in [0.1, 0.15) is 12.2 Å². The molecule has 1 fully saturated rings. The molecule has 0 atom stereocenters. The molecule has 0 aromatic carbocycles. The van der Waals surface area contributed by atoms with Crippen LogP contribution in [0.5, 0.6) is 0 Å². The third kappa shape index (κ3) is 3.90. The first-order chi connectivity index (χ1) is 6.33. The van der Waals surface area contributed by atoms with Crippen molar-refractivity contribution in [1.29, 1.82) is 0 Å². The molecule has 0 aromatic heterocycles. The lowest BCUT2D eigenvalue weighted by atomic mass is 9.89. The molecule has 0 spiro atoms. The number of rotatable bonds is 1. The normalized spacial score (nSPS) is 26.3. The van der Waals surface area contributed by atoms with Gasteiger partial charge in [0.05, 0.1) is 0 Å². The fourth-order valence-electron chi connectivity index (χ4n) is 1.55. The van der Waals surface area contributed by atoms with Crippen LogP contribution in [0, 0.1) is 29.8 Å². The predicted molar refractivity (Wildman–Crippen MR) is 55.8 cm³/mol. The van der Waals surface area contributed by atoms with Gasteiger partial charge in [0.25, 0.3) is 0 Å². The van der Waals surface area contributed by atoms with Crippen LogP contribution in [0.15, 0.2) is 0 Å². The topological polar surface area (TPSA) is 9.23 Å². The first-order valence-corrected chi connectivity index (χ1v) is 4.90. The summed E-state index contributed by atoms with van der Waals surface area (Å²) in [6, 6.07) is 0. The molecule has 13 heavy (non-hydrogen) atoms. The summed E-state index contributed by atoms with van der Waals surface area (Å²) in [5.41, 5.74) is 0. The van der Waals surface area contributed by atoms with E-state index in [0.29, 0.717) is 6.10 Å². The van der Waals surface area contributed by atoms with Gasteiger partial charge in [0.15, 0.2) is 0 Å². The smallest absolute Gasteiger partial charge is 0.124 e. The predicted octanol–water partition coefficient (Wildman–Crippen LogP) is 2.81. The lowest BCUT2D eigenvalue weighted by molar-refractivity contribution is 0.108. The molecule has 1 nitrogen and oxygen atoms in total. The first-order valence-electron chi connectivity index (χ1n) is 4.90. The van der Waals surface area contributed by atoms with Crippen LogP contribution >= 0.6 is 0 Å². The molecule has 0 aliphatic heterocycles. The van der Waals surface area contributed by atoms with Crippen molar-refractivity contribution in [2.24, 2.45) is 5.92 Å². The maximum atomic E-state index is 5.37. The summed E-state index contributed by atoms with van der Waals surface area (Å²) in [7, 11) is 0. The molecule has 0 aromatic rings. The molecule has 1 aliphatic rings. The lowest BCUT2D eigenvalue weighted by Crippen LogP contribution is -2.18. The Hall–Kier alpha value is -1.08. The van der Waals surface area contributed by atoms with E-state index >= 15 is 0 Å². The van der Waals surface area contributed by atoms with Crippen LogP contribution < -0.4 is 0 Å². The van der Waals surface area contributed by atoms with Gasteiger partial charge in [-0.05, 0) is 44.4 Å². The molecule has 1 saturated carbocycles. The van der Waals surface area contributed by atoms with Crippen molar-refractivity contribution in [2.75, 3.05) is 0 Å². The van der Waals surface area contributed by atoms with Crippen molar-refractivity contribution >= 4 is 0 Å². The summed E-state index contributed by atoms with van der Waals surface area (Å²) < 4.78 is 5.37. The van der Waals surface area contributed by atoms with Gasteiger partial charge in [-0.25, -0.2) is 0 Å². The molecule has 0 radical (unpaired) electrons. The zero-order chi connectivity index (χ0) is 9.52. The lowest BCUT2D eigenvalue weighted by Gasteiger charge is -2.23. The van der Waals surface area contributed by atoms with Gasteiger partial charge in [-0.1, -0.05) is 12.8 Å². The van der Waals surface area contributed by atoms with Crippen LogP contribution in [0.25, 0.3) is 0 Å². The third-order valence-electron chi connectivity index (χ3n) is 2.43. The quantitative estimate of drug-likeness (QED) is 0.561. The highest BCUT2D eigenvalue weighted by atomic mass is 16.5. The monoisotopic (exact) mass is 178 g/mol. The molecular weight excluding hydrogens is 160 g/mol. The van der Waals surface area contributed by atoms with E-state index in [4.69, 9.17) is 4.74 Å². The minimum atomic E-state index is 0. The van der Waals surface area contributed by atoms with Gasteiger partial charge in [-0.3, -0.25) is 0 Å². The molecule has 0 N–H and O–H groups in total. The SMILES string of the molecule is CC#CC#COC1CCC(C)CC1.[HH]. The molecule has 0 amide bonds. The van der Waals surface area contributed by atoms with E-state index < -0.39 is 0 Å². The largest absolute Gasteiger partial charge is 0.443 e. The Morgan fingerprint density at radius 3 is 2.46 bits per heavy atom. The molecule has 1 rings (SSSR count). The standard InChI is InChI=1S/C12H16O.H2/c1-3-4-5-10-13-12-8-6-11(2)7-9-12;/h11-12H,6-9H2,1-2H3;1H. The van der Waals surface area contributed by atoms with E-state index in [0.717, 1.165) is 18.8 Å². The zero-order valence-electron chi connectivity index (χ0n) is 8.39. The first kappa shape index (κ1) is 10.0. The maximum Gasteiger partial charge on any atom is 0.124 e. The highest BCUT2D eigenvalue weighted by molar-refractivity contribution is 5.22. The molecule has 0 unspecified atom stereocenters. The Morgan fingerprint density at radius 1 is 1.15 bits per heavy atom. The molecule has 0 bridgehead atoms. The zero-order valence-corrected chi connectivity index (χ0v) is 8.39. The highest BCUT2D eigenvalue weighted by Gasteiger charge is 2.18. The van der Waals surface area contributed by atoms with E-state index in [2.05, 4.69) is 30.8 Å². The van der Waals surface area contributed by atoms with Crippen molar-refractivity contribution in [2.45, 2.75) is 45.6 Å². The maximum absolute atomic E-state index is 5.37. The van der Waals surface area contributed by atoms with Gasteiger partial charge in [0, 0.05) is 7.35 Å². The van der Waals surface area contributed by atoms with E-state index in [9.17, 15) is 0 Å². The molecule has 1 heteroatoms. The average molecular weight is 178 g/mol. The second-order valence-corrected chi connectivity index (χ2v) is 3.60. The fourth-order valence-corrected chi connectivity index (χ4v) is 1.55. The second-order valence-electron chi connectivity index (χ2n) is 3.60. The summed E-state index contributed by atoms with van der Waals surface area (Å²) in [6.07, 6.45) is 7.83. The van der Waals surface area contributed by atoms with Crippen LogP contribution in [-0.2, 0) is 4.74 Å². The summed E-state index contributed by atoms with van der Waals surface area (Å²) in [4.78, 5) is 0. The van der Waals surface area contributed by atoms with E-state index in [1.54, 1.807) is 6.92 Å². The summed E-state index contributed by atoms with van der Waals surface area (Å²) in [5, 5.41) is 0. The molecule has 0 saturated heterocycles. The average Bonchev–Trinajstić information content (AvgIpc) is 2.15. The van der Waals surface area contributed by atoms with Crippen molar-refractivity contribution in [1.82, 2.24) is 0 Å². The summed E-state index contributed by atoms with van der Waals surface area (Å²) in [6.45, 7) is 4.07. The van der Waals surface area contributed by atoms with Gasteiger partial charge in [0.2, 0.25) is 0 Å². The number of hydrogen-bond acceptors (Lipinski definition) is 1. The van der Waals surface area contributed by atoms with E-state index in [1.807, 2.05) is 0 Å². The van der Waals surface area contributed by atoms with Gasteiger partial charge in [-0.2, -0.15) is 0 Å². The highest BCUT2D eigenvalue weighted by Crippen LogP contribution is 2.25. The Morgan fingerprint density at radius 2 is 1.85 bits per heavy atom. The van der Waals surface area contributed by atoms with Crippen LogP contribution in [0.2, 0.25) is 0 Å². The molecule has 0 heterocycles. The third-order valence-corrected chi connectivity index (χ3v) is 2.43. The van der Waals surface area contributed by atoms with E-state index in [-0.39, 0.29) is 1.43 Å². The fraction of sp³-hybridized carbons (Fsp3) is 0.667. The van der Waals surface area contributed by atoms with Crippen molar-refractivity contribution in [3.63, 3.8) is 0 Å². The molecule has 1 aliphatic carbocycles. The van der Waals surface area contributed by atoms with Crippen molar-refractivity contribution in [3.05, 3.63) is 0 Å². The number of ether oxygens (including phenoxy) is 1. The summed E-state index contributed by atoms with van der Waals surface area (Å²) >= 11 is 0. The van der Waals surface area contributed by atoms with Gasteiger partial charge in [-0.15, -0.1) is 0 Å². The van der Waals surface area contributed by atoms with E-state index in [1.165, 1.54) is 12.8 Å². The Balaban J connectivity index is 0.00000169. The van der Waals surface area contributed by atoms with Gasteiger partial charge >= 0.3 is 0 Å². The second kappa shape index (κ2) is 5.55. The Bertz CT molecular complexity index is 256. The van der Waals surface area contributed by atoms with Crippen molar-refractivity contribution < 1.29 is 6.16 Å². The van der Waals surface area contributed by atoms with Crippen LogP contribution in [0.4, 0.5) is 0 Å². The Labute approximate surface area is 82.3 Å². The minimum Gasteiger partial charge on any atom is -0.443 e. The minimum absolute atomic E-state index is 0. The van der Waals surface area contributed by atoms with Crippen LogP contribution in [0.3, 0.4) is 0 Å².